The van der Waals surface area contributed by atoms with Gasteiger partial charge in [-0.2, -0.15) is 0 Å². The van der Waals surface area contributed by atoms with Gasteiger partial charge in [0, 0.05) is 5.39 Å². The average Bonchev–Trinajstić information content (AvgIpc) is 2.39. The van der Waals surface area contributed by atoms with Crippen molar-refractivity contribution < 1.29 is 14.3 Å². The summed E-state index contributed by atoms with van der Waals surface area (Å²) in [5, 5.41) is 0.875. The molecule has 19 heavy (non-hydrogen) atoms. The highest BCUT2D eigenvalue weighted by Gasteiger charge is 2.12. The number of aryl methyl sites for hydroxylation is 1. The standard InChI is InChI=1S/C15H17NO3/c1-4-18-12-6-7-14-11(8-12)9-13(10(3)16-14)15(17)19-5-2/h6-9H,4-5H2,1-3H3. The number of hydrogen-bond donors (Lipinski definition) is 0. The van der Waals surface area contributed by atoms with Crippen LogP contribution < -0.4 is 4.74 Å². The Kier molecular flexibility index (Phi) is 4.00. The van der Waals surface area contributed by atoms with Crippen LogP contribution in [0, 0.1) is 6.92 Å². The number of benzene rings is 1. The Bertz CT molecular complexity index is 608. The highest BCUT2D eigenvalue weighted by Crippen LogP contribution is 2.22. The number of rotatable bonds is 4. The Morgan fingerprint density at radius 2 is 2.00 bits per heavy atom. The van der Waals surface area contributed by atoms with Gasteiger partial charge in [-0.25, -0.2) is 4.79 Å². The van der Waals surface area contributed by atoms with E-state index >= 15 is 0 Å². The smallest absolute Gasteiger partial charge is 0.339 e. The molecule has 0 amide bonds. The van der Waals surface area contributed by atoms with E-state index in [2.05, 4.69) is 4.98 Å². The number of carbonyl (C=O) groups is 1. The third-order valence-electron chi connectivity index (χ3n) is 2.78. The first-order valence-corrected chi connectivity index (χ1v) is 6.37. The molecular weight excluding hydrogens is 242 g/mol. The molecule has 0 aliphatic carbocycles. The number of esters is 1. The molecule has 0 saturated carbocycles. The van der Waals surface area contributed by atoms with Crippen molar-refractivity contribution in [2.24, 2.45) is 0 Å². The fourth-order valence-electron chi connectivity index (χ4n) is 1.92. The Hall–Kier alpha value is -2.10. The number of fused-ring (bicyclic) bond motifs is 1. The average molecular weight is 259 g/mol. The molecule has 1 heterocycles. The maximum atomic E-state index is 11.8. The Labute approximate surface area is 112 Å². The first-order chi connectivity index (χ1) is 9.15. The predicted molar refractivity (Wildman–Crippen MR) is 73.6 cm³/mol. The first-order valence-electron chi connectivity index (χ1n) is 6.37. The SMILES string of the molecule is CCOC(=O)c1cc2cc(OCC)ccc2nc1C. The monoisotopic (exact) mass is 259 g/mol. The Morgan fingerprint density at radius 1 is 1.21 bits per heavy atom. The second-order valence-electron chi connectivity index (χ2n) is 4.13. The van der Waals surface area contributed by atoms with Gasteiger partial charge in [-0.05, 0) is 45.0 Å². The molecule has 1 aromatic heterocycles. The van der Waals surface area contributed by atoms with E-state index < -0.39 is 0 Å². The van der Waals surface area contributed by atoms with Crippen LogP contribution in [0.4, 0.5) is 0 Å². The topological polar surface area (TPSA) is 48.4 Å². The third kappa shape index (κ3) is 2.84. The molecule has 2 rings (SSSR count). The van der Waals surface area contributed by atoms with Crippen LogP contribution in [0.25, 0.3) is 10.9 Å². The molecule has 4 nitrogen and oxygen atoms in total. The lowest BCUT2D eigenvalue weighted by Crippen LogP contribution is -2.08. The molecule has 1 aromatic carbocycles. The summed E-state index contributed by atoms with van der Waals surface area (Å²) in [6.07, 6.45) is 0. The summed E-state index contributed by atoms with van der Waals surface area (Å²) >= 11 is 0. The van der Waals surface area contributed by atoms with Gasteiger partial charge < -0.3 is 9.47 Å². The number of nitrogens with zero attached hydrogens (tertiary/aromatic N) is 1. The van der Waals surface area contributed by atoms with Crippen LogP contribution in [-0.2, 0) is 4.74 Å². The number of pyridine rings is 1. The molecule has 0 aliphatic rings. The van der Waals surface area contributed by atoms with E-state index in [4.69, 9.17) is 9.47 Å². The van der Waals surface area contributed by atoms with Crippen LogP contribution in [0.1, 0.15) is 29.9 Å². The van der Waals surface area contributed by atoms with Crippen LogP contribution in [0.5, 0.6) is 5.75 Å². The van der Waals surface area contributed by atoms with E-state index in [9.17, 15) is 4.79 Å². The van der Waals surface area contributed by atoms with Crippen LogP contribution >= 0.6 is 0 Å². The molecule has 0 N–H and O–H groups in total. The quantitative estimate of drug-likeness (QED) is 0.791. The van der Waals surface area contributed by atoms with Gasteiger partial charge in [0.15, 0.2) is 0 Å². The zero-order valence-corrected chi connectivity index (χ0v) is 11.4. The lowest BCUT2D eigenvalue weighted by atomic mass is 10.1. The fraction of sp³-hybridized carbons (Fsp3) is 0.333. The van der Waals surface area contributed by atoms with Gasteiger partial charge in [0.2, 0.25) is 0 Å². The fourth-order valence-corrected chi connectivity index (χ4v) is 1.92. The highest BCUT2D eigenvalue weighted by atomic mass is 16.5. The molecule has 100 valence electrons. The molecule has 2 aromatic rings. The maximum absolute atomic E-state index is 11.8. The van der Waals surface area contributed by atoms with Crippen molar-refractivity contribution >= 4 is 16.9 Å². The summed E-state index contributed by atoms with van der Waals surface area (Å²) in [6, 6.07) is 7.46. The van der Waals surface area contributed by atoms with E-state index in [1.807, 2.05) is 32.0 Å². The molecule has 0 spiro atoms. The summed E-state index contributed by atoms with van der Waals surface area (Å²) in [7, 11) is 0. The summed E-state index contributed by atoms with van der Waals surface area (Å²) in [5.74, 6) is 0.437. The van der Waals surface area contributed by atoms with Crippen LogP contribution in [0.3, 0.4) is 0 Å². The summed E-state index contributed by atoms with van der Waals surface area (Å²) in [6.45, 7) is 6.49. The summed E-state index contributed by atoms with van der Waals surface area (Å²) < 4.78 is 10.5. The van der Waals surface area contributed by atoms with Crippen molar-refractivity contribution in [3.05, 3.63) is 35.5 Å². The van der Waals surface area contributed by atoms with Gasteiger partial charge in [-0.1, -0.05) is 0 Å². The minimum Gasteiger partial charge on any atom is -0.494 e. The van der Waals surface area contributed by atoms with Crippen molar-refractivity contribution in [2.75, 3.05) is 13.2 Å². The lowest BCUT2D eigenvalue weighted by molar-refractivity contribution is 0.0525. The Balaban J connectivity index is 2.48. The van der Waals surface area contributed by atoms with E-state index in [0.29, 0.717) is 24.5 Å². The molecule has 4 heteroatoms. The van der Waals surface area contributed by atoms with Gasteiger partial charge in [-0.3, -0.25) is 4.98 Å². The van der Waals surface area contributed by atoms with Crippen molar-refractivity contribution in [3.63, 3.8) is 0 Å². The highest BCUT2D eigenvalue weighted by molar-refractivity contribution is 5.95. The molecule has 0 aliphatic heterocycles. The molecule has 0 radical (unpaired) electrons. The van der Waals surface area contributed by atoms with Gasteiger partial charge in [-0.15, -0.1) is 0 Å². The number of carbonyl (C=O) groups excluding carboxylic acids is 1. The molecule has 0 saturated heterocycles. The van der Waals surface area contributed by atoms with Crippen LogP contribution in [0.15, 0.2) is 24.3 Å². The molecule has 0 atom stereocenters. The van der Waals surface area contributed by atoms with Gasteiger partial charge in [0.1, 0.15) is 5.75 Å². The van der Waals surface area contributed by atoms with E-state index in [0.717, 1.165) is 16.7 Å². The van der Waals surface area contributed by atoms with E-state index in [1.165, 1.54) is 0 Å². The molecule has 0 bridgehead atoms. The second kappa shape index (κ2) is 5.69. The summed E-state index contributed by atoms with van der Waals surface area (Å²) in [5.41, 5.74) is 2.02. The Morgan fingerprint density at radius 3 is 2.68 bits per heavy atom. The zero-order chi connectivity index (χ0) is 13.8. The molecule has 0 unspecified atom stereocenters. The van der Waals surface area contributed by atoms with E-state index in [1.54, 1.807) is 13.0 Å². The predicted octanol–water partition coefficient (Wildman–Crippen LogP) is 3.12. The first kappa shape index (κ1) is 13.3. The number of hydrogen-bond acceptors (Lipinski definition) is 4. The molecular formula is C15H17NO3. The van der Waals surface area contributed by atoms with Crippen LogP contribution in [-0.4, -0.2) is 24.2 Å². The van der Waals surface area contributed by atoms with Crippen molar-refractivity contribution in [3.8, 4) is 5.75 Å². The number of ether oxygens (including phenoxy) is 2. The second-order valence-corrected chi connectivity index (χ2v) is 4.13. The van der Waals surface area contributed by atoms with Crippen molar-refractivity contribution in [1.29, 1.82) is 0 Å². The molecule has 0 fully saturated rings. The maximum Gasteiger partial charge on any atom is 0.339 e. The van der Waals surface area contributed by atoms with E-state index in [-0.39, 0.29) is 5.97 Å². The van der Waals surface area contributed by atoms with Crippen molar-refractivity contribution in [2.45, 2.75) is 20.8 Å². The lowest BCUT2D eigenvalue weighted by Gasteiger charge is -2.08. The zero-order valence-electron chi connectivity index (χ0n) is 11.4. The summed E-state index contributed by atoms with van der Waals surface area (Å²) in [4.78, 5) is 16.3. The minimum atomic E-state index is -0.337. The third-order valence-corrected chi connectivity index (χ3v) is 2.78. The van der Waals surface area contributed by atoms with Gasteiger partial charge in [0.25, 0.3) is 0 Å². The normalized spacial score (nSPS) is 10.5. The largest absolute Gasteiger partial charge is 0.494 e. The number of aromatic nitrogens is 1. The van der Waals surface area contributed by atoms with Crippen molar-refractivity contribution in [1.82, 2.24) is 4.98 Å². The minimum absolute atomic E-state index is 0.337. The van der Waals surface area contributed by atoms with Gasteiger partial charge in [0.05, 0.1) is 30.0 Å². The van der Waals surface area contributed by atoms with Crippen LogP contribution in [0.2, 0.25) is 0 Å². The van der Waals surface area contributed by atoms with Gasteiger partial charge >= 0.3 is 5.97 Å².